The second-order valence-corrected chi connectivity index (χ2v) is 6.32. The molecular weight excluding hydrogens is 418 g/mol. The monoisotopic (exact) mass is 432 g/mol. The van der Waals surface area contributed by atoms with Crippen molar-refractivity contribution in [2.75, 3.05) is 5.32 Å². The first-order chi connectivity index (χ1) is 14.0. The van der Waals surface area contributed by atoms with Crippen molar-refractivity contribution >= 4 is 22.6 Å². The summed E-state index contributed by atoms with van der Waals surface area (Å²) in [6.45, 7) is -1.11. The van der Waals surface area contributed by atoms with E-state index < -0.39 is 42.4 Å². The van der Waals surface area contributed by atoms with Crippen molar-refractivity contribution in [2.24, 2.45) is 0 Å². The topological polar surface area (TPSA) is 69.0 Å². The minimum Gasteiger partial charge on any atom is -0.432 e. The highest BCUT2D eigenvalue weighted by molar-refractivity contribution is 5.93. The quantitative estimate of drug-likeness (QED) is 0.605. The van der Waals surface area contributed by atoms with Gasteiger partial charge in [-0.15, -0.1) is 0 Å². The van der Waals surface area contributed by atoms with Crippen molar-refractivity contribution < 1.29 is 35.9 Å². The molecule has 0 spiro atoms. The number of fused-ring (bicyclic) bond motifs is 1. The maximum absolute atomic E-state index is 13.4. The van der Waals surface area contributed by atoms with Gasteiger partial charge in [0.2, 0.25) is 5.91 Å². The van der Waals surface area contributed by atoms with Gasteiger partial charge < -0.3 is 10.1 Å². The zero-order chi connectivity index (χ0) is 22.2. The number of hydrogen-bond donors (Lipinski definition) is 1. The summed E-state index contributed by atoms with van der Waals surface area (Å²) < 4.78 is 83.5. The number of halogens is 6. The van der Waals surface area contributed by atoms with Crippen molar-refractivity contribution in [1.82, 2.24) is 14.8 Å². The molecule has 0 fully saturated rings. The van der Waals surface area contributed by atoms with Crippen molar-refractivity contribution in [2.45, 2.75) is 33.2 Å². The maximum atomic E-state index is 13.4. The fourth-order valence-corrected chi connectivity index (χ4v) is 2.93. The van der Waals surface area contributed by atoms with E-state index in [0.29, 0.717) is 6.07 Å². The smallest absolute Gasteiger partial charge is 0.417 e. The molecule has 0 aliphatic rings. The third kappa shape index (κ3) is 4.47. The number of hydrogen-bond acceptors (Lipinski definition) is 4. The molecule has 0 saturated heterocycles. The number of alkyl halides is 5. The number of carbonyl (C=O) groups is 1. The van der Waals surface area contributed by atoms with Gasteiger partial charge in [-0.3, -0.25) is 4.79 Å². The number of anilines is 1. The van der Waals surface area contributed by atoms with Gasteiger partial charge in [-0.1, -0.05) is 0 Å². The molecule has 6 nitrogen and oxygen atoms in total. The van der Waals surface area contributed by atoms with Crippen LogP contribution in [-0.4, -0.2) is 27.3 Å². The van der Waals surface area contributed by atoms with Gasteiger partial charge in [-0.25, -0.2) is 14.1 Å². The van der Waals surface area contributed by atoms with Crippen LogP contribution in [0.2, 0.25) is 0 Å². The van der Waals surface area contributed by atoms with Crippen LogP contribution in [0.4, 0.5) is 32.0 Å². The summed E-state index contributed by atoms with van der Waals surface area (Å²) in [7, 11) is 0. The van der Waals surface area contributed by atoms with Crippen LogP contribution in [0.3, 0.4) is 0 Å². The summed E-state index contributed by atoms with van der Waals surface area (Å²) in [5.41, 5.74) is -1.24. The highest BCUT2D eigenvalue weighted by Crippen LogP contribution is 2.36. The van der Waals surface area contributed by atoms with Crippen LogP contribution >= 0.6 is 0 Å². The number of amides is 1. The third-order valence-corrected chi connectivity index (χ3v) is 4.04. The van der Waals surface area contributed by atoms with Crippen LogP contribution in [-0.2, 0) is 17.5 Å². The van der Waals surface area contributed by atoms with E-state index in [9.17, 15) is 31.1 Å². The summed E-state index contributed by atoms with van der Waals surface area (Å²) in [6, 6.07) is 3.48. The number of benzene rings is 1. The Labute approximate surface area is 165 Å². The summed E-state index contributed by atoms with van der Waals surface area (Å²) in [5, 5.41) is 5.96. The summed E-state index contributed by atoms with van der Waals surface area (Å²) in [4.78, 5) is 16.4. The van der Waals surface area contributed by atoms with Crippen LogP contribution in [0.25, 0.3) is 11.0 Å². The van der Waals surface area contributed by atoms with Crippen LogP contribution in [0, 0.1) is 19.7 Å². The van der Waals surface area contributed by atoms with E-state index in [1.165, 1.54) is 13.8 Å². The average Bonchev–Trinajstić information content (AvgIpc) is 2.90. The van der Waals surface area contributed by atoms with Gasteiger partial charge >= 0.3 is 12.8 Å². The molecule has 12 heteroatoms. The van der Waals surface area contributed by atoms with Gasteiger partial charge in [0.1, 0.15) is 12.4 Å². The summed E-state index contributed by atoms with van der Waals surface area (Å²) in [6.07, 6.45) is -4.65. The number of pyridine rings is 1. The Morgan fingerprint density at radius 2 is 1.93 bits per heavy atom. The molecule has 3 aromatic rings. The second-order valence-electron chi connectivity index (χ2n) is 6.32. The van der Waals surface area contributed by atoms with Crippen molar-refractivity contribution in [3.63, 3.8) is 0 Å². The molecule has 160 valence electrons. The number of aromatic nitrogens is 3. The molecule has 2 aromatic heterocycles. The predicted molar refractivity (Wildman–Crippen MR) is 93.7 cm³/mol. The molecule has 0 atom stereocenters. The van der Waals surface area contributed by atoms with Crippen LogP contribution in [0.15, 0.2) is 24.3 Å². The zero-order valence-corrected chi connectivity index (χ0v) is 15.5. The number of rotatable bonds is 5. The lowest BCUT2D eigenvalue weighted by Gasteiger charge is -2.12. The average molecular weight is 432 g/mol. The standard InChI is InChI=1S/C18H14F6N4O2/c1-8-5-11(18(22,23)24)15-9(2)27-28(16(15)25-8)7-14(29)26-12-4-3-10(19)6-13(12)30-17(20)21/h3-6,17H,7H2,1-2H3,(H,26,29). The van der Waals surface area contributed by atoms with Crippen LogP contribution in [0.5, 0.6) is 5.75 Å². The van der Waals surface area contributed by atoms with Gasteiger partial charge in [0, 0.05) is 11.8 Å². The van der Waals surface area contributed by atoms with Crippen LogP contribution in [0.1, 0.15) is 17.0 Å². The van der Waals surface area contributed by atoms with Gasteiger partial charge in [0.25, 0.3) is 0 Å². The molecule has 1 amide bonds. The molecule has 0 unspecified atom stereocenters. The Morgan fingerprint density at radius 1 is 1.23 bits per heavy atom. The first-order valence-electron chi connectivity index (χ1n) is 8.42. The molecule has 3 rings (SSSR count). The third-order valence-electron chi connectivity index (χ3n) is 4.04. The molecule has 0 bridgehead atoms. The lowest BCUT2D eigenvalue weighted by molar-refractivity contribution is -0.136. The Balaban J connectivity index is 1.93. The Morgan fingerprint density at radius 3 is 2.57 bits per heavy atom. The number of carbonyl (C=O) groups excluding carboxylic acids is 1. The normalized spacial score (nSPS) is 11.9. The fraction of sp³-hybridized carbons (Fsp3) is 0.278. The Hall–Kier alpha value is -3.31. The maximum Gasteiger partial charge on any atom is 0.417 e. The number of aryl methyl sites for hydroxylation is 2. The largest absolute Gasteiger partial charge is 0.432 e. The van der Waals surface area contributed by atoms with Gasteiger partial charge in [0.15, 0.2) is 11.4 Å². The fourth-order valence-electron chi connectivity index (χ4n) is 2.93. The highest BCUT2D eigenvalue weighted by atomic mass is 19.4. The number of nitrogens with zero attached hydrogens (tertiary/aromatic N) is 3. The summed E-state index contributed by atoms with van der Waals surface area (Å²) >= 11 is 0. The van der Waals surface area contributed by atoms with E-state index >= 15 is 0 Å². The van der Waals surface area contributed by atoms with E-state index in [1.807, 2.05) is 0 Å². The first kappa shape index (κ1) is 21.4. The molecule has 1 aromatic carbocycles. The molecule has 30 heavy (non-hydrogen) atoms. The van der Waals surface area contributed by atoms with E-state index in [2.05, 4.69) is 20.1 Å². The van der Waals surface area contributed by atoms with Crippen LogP contribution < -0.4 is 10.1 Å². The molecule has 0 radical (unpaired) electrons. The second kappa shape index (κ2) is 7.84. The zero-order valence-electron chi connectivity index (χ0n) is 15.5. The number of ether oxygens (including phenoxy) is 1. The molecule has 1 N–H and O–H groups in total. The minimum absolute atomic E-state index is 0.0149. The Kier molecular flexibility index (Phi) is 5.59. The minimum atomic E-state index is -4.65. The van der Waals surface area contributed by atoms with Crippen molar-refractivity contribution in [1.29, 1.82) is 0 Å². The summed E-state index contributed by atoms with van der Waals surface area (Å²) in [5.74, 6) is -2.29. The van der Waals surface area contributed by atoms with Gasteiger partial charge in [-0.05, 0) is 32.0 Å². The predicted octanol–water partition coefficient (Wildman–Crippen LogP) is 4.45. The van der Waals surface area contributed by atoms with Crippen molar-refractivity contribution in [3.05, 3.63) is 47.0 Å². The first-order valence-corrected chi connectivity index (χ1v) is 8.42. The lowest BCUT2D eigenvalue weighted by Crippen LogP contribution is -2.20. The van der Waals surface area contributed by atoms with Crippen molar-refractivity contribution in [3.8, 4) is 5.75 Å². The van der Waals surface area contributed by atoms with E-state index in [4.69, 9.17) is 0 Å². The van der Waals surface area contributed by atoms with E-state index in [1.54, 1.807) is 0 Å². The Bertz CT molecular complexity index is 1110. The van der Waals surface area contributed by atoms with E-state index in [-0.39, 0.29) is 28.1 Å². The molecule has 2 heterocycles. The highest BCUT2D eigenvalue weighted by Gasteiger charge is 2.35. The molecular formula is C18H14F6N4O2. The van der Waals surface area contributed by atoms with Gasteiger partial charge in [-0.2, -0.15) is 27.1 Å². The molecule has 0 aliphatic heterocycles. The number of nitrogens with one attached hydrogen (secondary N) is 1. The molecule has 0 aliphatic carbocycles. The van der Waals surface area contributed by atoms with Gasteiger partial charge in [0.05, 0.1) is 22.3 Å². The SMILES string of the molecule is Cc1cc(C(F)(F)F)c2c(C)nn(CC(=O)Nc3ccc(F)cc3OC(F)F)c2n1. The lowest BCUT2D eigenvalue weighted by atomic mass is 10.1. The van der Waals surface area contributed by atoms with E-state index in [0.717, 1.165) is 22.9 Å². The molecule has 0 saturated carbocycles.